The third-order valence-corrected chi connectivity index (χ3v) is 5.18. The number of carboxylic acid groups (broad SMARTS) is 1. The fraction of sp³-hybridized carbons (Fsp3) is 0.706. The first kappa shape index (κ1) is 29.0. The Labute approximate surface area is 190 Å². The van der Waals surface area contributed by atoms with Crippen LogP contribution in [0, 0.1) is 0 Å². The normalized spacial score (nSPS) is 15.6. The van der Waals surface area contributed by atoms with E-state index >= 15 is 0 Å². The minimum atomic E-state index is -1.32. The number of aliphatic hydroxyl groups excluding tert-OH is 1. The highest BCUT2D eigenvalue weighted by molar-refractivity contribution is 7.98. The molecule has 5 atom stereocenters. The molecule has 31 heavy (non-hydrogen) atoms. The zero-order chi connectivity index (χ0) is 24.1. The number of carbonyl (C=O) groups is 5. The smallest absolute Gasteiger partial charge is 0.327 e. The SMILES string of the molecule is CSCCC(NC(=O)C(N)C(C)O)C(=O)NC(CCC(N)=O)C(=O)NC(CS)C(=O)O. The van der Waals surface area contributed by atoms with Gasteiger partial charge in [0.1, 0.15) is 24.2 Å². The van der Waals surface area contributed by atoms with Crippen molar-refractivity contribution in [2.75, 3.05) is 17.8 Å². The van der Waals surface area contributed by atoms with Crippen molar-refractivity contribution < 1.29 is 34.2 Å². The minimum Gasteiger partial charge on any atom is -0.480 e. The molecule has 14 heteroatoms. The highest BCUT2D eigenvalue weighted by Gasteiger charge is 2.30. The average Bonchev–Trinajstić information content (AvgIpc) is 2.70. The lowest BCUT2D eigenvalue weighted by molar-refractivity contribution is -0.141. The van der Waals surface area contributed by atoms with Crippen LogP contribution in [0.15, 0.2) is 0 Å². The largest absolute Gasteiger partial charge is 0.480 e. The summed E-state index contributed by atoms with van der Waals surface area (Å²) in [5, 5.41) is 25.6. The number of thiol groups is 1. The van der Waals surface area contributed by atoms with Crippen molar-refractivity contribution >= 4 is 54.0 Å². The molecule has 0 rings (SSSR count). The lowest BCUT2D eigenvalue weighted by Crippen LogP contribution is -2.58. The second-order valence-corrected chi connectivity index (χ2v) is 8.11. The first-order chi connectivity index (χ1) is 14.4. The van der Waals surface area contributed by atoms with Crippen molar-refractivity contribution in [3.63, 3.8) is 0 Å². The van der Waals surface area contributed by atoms with Crippen molar-refractivity contribution in [1.82, 2.24) is 16.0 Å². The number of rotatable bonds is 15. The number of nitrogens with two attached hydrogens (primary N) is 2. The number of aliphatic carboxylic acids is 1. The lowest BCUT2D eigenvalue weighted by atomic mass is 10.1. The van der Waals surface area contributed by atoms with E-state index in [1.807, 2.05) is 0 Å². The minimum absolute atomic E-state index is 0.178. The van der Waals surface area contributed by atoms with E-state index in [2.05, 4.69) is 28.6 Å². The molecule has 0 bridgehead atoms. The van der Waals surface area contributed by atoms with Crippen molar-refractivity contribution in [3.8, 4) is 0 Å². The summed E-state index contributed by atoms with van der Waals surface area (Å²) in [5.74, 6) is -4.07. The molecule has 0 saturated carbocycles. The number of amides is 4. The zero-order valence-corrected chi connectivity index (χ0v) is 19.1. The Balaban J connectivity index is 5.43. The van der Waals surface area contributed by atoms with Gasteiger partial charge in [0.15, 0.2) is 0 Å². The summed E-state index contributed by atoms with van der Waals surface area (Å²) >= 11 is 5.27. The molecule has 0 fully saturated rings. The quantitative estimate of drug-likeness (QED) is 0.113. The third-order valence-electron chi connectivity index (χ3n) is 4.18. The molecule has 0 aromatic rings. The van der Waals surface area contributed by atoms with Crippen LogP contribution in [0.2, 0.25) is 0 Å². The van der Waals surface area contributed by atoms with Crippen molar-refractivity contribution in [2.45, 2.75) is 56.5 Å². The summed E-state index contributed by atoms with van der Waals surface area (Å²) in [6, 6.07) is -4.92. The number of aliphatic hydroxyl groups is 1. The summed E-state index contributed by atoms with van der Waals surface area (Å²) in [5.41, 5.74) is 10.7. The zero-order valence-electron chi connectivity index (χ0n) is 17.4. The van der Waals surface area contributed by atoms with E-state index < -0.39 is 59.9 Å². The van der Waals surface area contributed by atoms with Crippen LogP contribution in [-0.2, 0) is 24.0 Å². The Morgan fingerprint density at radius 1 is 0.968 bits per heavy atom. The molecule has 12 nitrogen and oxygen atoms in total. The number of carbonyl (C=O) groups excluding carboxylic acids is 4. The lowest BCUT2D eigenvalue weighted by Gasteiger charge is -2.25. The van der Waals surface area contributed by atoms with E-state index in [0.717, 1.165) is 0 Å². The number of hydrogen-bond donors (Lipinski definition) is 8. The van der Waals surface area contributed by atoms with Gasteiger partial charge in [0.2, 0.25) is 23.6 Å². The van der Waals surface area contributed by atoms with Crippen molar-refractivity contribution in [1.29, 1.82) is 0 Å². The summed E-state index contributed by atoms with van der Waals surface area (Å²) < 4.78 is 0. The van der Waals surface area contributed by atoms with E-state index in [0.29, 0.717) is 5.75 Å². The summed E-state index contributed by atoms with van der Waals surface area (Å²) in [6.07, 6.45) is 0.426. The van der Waals surface area contributed by atoms with Crippen LogP contribution in [0.25, 0.3) is 0 Å². The molecule has 0 aromatic carbocycles. The number of hydrogen-bond acceptors (Lipinski definition) is 9. The van der Waals surface area contributed by atoms with Gasteiger partial charge in [-0.05, 0) is 31.8 Å². The maximum atomic E-state index is 12.8. The fourth-order valence-electron chi connectivity index (χ4n) is 2.28. The molecule has 0 aliphatic rings. The van der Waals surface area contributed by atoms with Gasteiger partial charge in [-0.2, -0.15) is 24.4 Å². The Bertz CT molecular complexity index is 650. The Kier molecular flexibility index (Phi) is 13.9. The van der Waals surface area contributed by atoms with Gasteiger partial charge in [-0.15, -0.1) is 0 Å². The molecule has 4 amide bonds. The maximum Gasteiger partial charge on any atom is 0.327 e. The molecule has 0 aromatic heterocycles. The van der Waals surface area contributed by atoms with E-state index in [9.17, 15) is 29.1 Å². The van der Waals surface area contributed by atoms with Crippen LogP contribution in [0.4, 0.5) is 0 Å². The van der Waals surface area contributed by atoms with Crippen LogP contribution in [0.3, 0.4) is 0 Å². The molecule has 0 saturated heterocycles. The Hall–Kier alpha value is -2.03. The molecule has 0 radical (unpaired) electrons. The molecule has 9 N–H and O–H groups in total. The van der Waals surface area contributed by atoms with Crippen LogP contribution >= 0.6 is 24.4 Å². The molecular weight excluding hydrogens is 450 g/mol. The van der Waals surface area contributed by atoms with Gasteiger partial charge in [0.25, 0.3) is 0 Å². The summed E-state index contributed by atoms with van der Waals surface area (Å²) in [6.45, 7) is 1.33. The fourth-order valence-corrected chi connectivity index (χ4v) is 3.00. The van der Waals surface area contributed by atoms with Crippen LogP contribution < -0.4 is 27.4 Å². The Morgan fingerprint density at radius 2 is 1.45 bits per heavy atom. The monoisotopic (exact) mass is 481 g/mol. The van der Waals surface area contributed by atoms with Gasteiger partial charge in [0, 0.05) is 12.2 Å². The van der Waals surface area contributed by atoms with Crippen LogP contribution in [0.5, 0.6) is 0 Å². The summed E-state index contributed by atoms with van der Waals surface area (Å²) in [7, 11) is 0. The van der Waals surface area contributed by atoms with E-state index in [4.69, 9.17) is 16.6 Å². The molecule has 5 unspecified atom stereocenters. The number of primary amides is 1. The van der Waals surface area contributed by atoms with Gasteiger partial charge in [-0.1, -0.05) is 0 Å². The molecule has 0 aliphatic carbocycles. The average molecular weight is 482 g/mol. The third kappa shape index (κ3) is 11.2. The second kappa shape index (κ2) is 14.9. The number of nitrogens with one attached hydrogen (secondary N) is 3. The highest BCUT2D eigenvalue weighted by atomic mass is 32.2. The predicted molar refractivity (Wildman–Crippen MR) is 118 cm³/mol. The van der Waals surface area contributed by atoms with Crippen molar-refractivity contribution in [2.24, 2.45) is 11.5 Å². The van der Waals surface area contributed by atoms with Gasteiger partial charge in [0.05, 0.1) is 6.10 Å². The molecule has 0 spiro atoms. The van der Waals surface area contributed by atoms with E-state index in [1.54, 1.807) is 6.26 Å². The first-order valence-corrected chi connectivity index (χ1v) is 11.4. The topological polar surface area (TPSA) is 214 Å². The first-order valence-electron chi connectivity index (χ1n) is 9.40. The molecule has 0 aliphatic heterocycles. The molecular formula is C17H31N5O7S2. The summed E-state index contributed by atoms with van der Waals surface area (Å²) in [4.78, 5) is 59.7. The Morgan fingerprint density at radius 3 is 1.87 bits per heavy atom. The van der Waals surface area contributed by atoms with Gasteiger partial charge in [-0.3, -0.25) is 19.2 Å². The molecule has 178 valence electrons. The standard InChI is InChI=1S/C17H31N5O7S2/c1-8(23)13(19)16(27)21-10(5-6-31-2)15(26)20-9(3-4-12(18)24)14(25)22-11(7-30)17(28)29/h8-11,13,23,30H,3-7,19H2,1-2H3,(H2,18,24)(H,20,26)(H,21,27)(H,22,25)(H,28,29). The molecule has 0 heterocycles. The van der Waals surface area contributed by atoms with E-state index in [-0.39, 0.29) is 25.0 Å². The maximum absolute atomic E-state index is 12.8. The number of thioether (sulfide) groups is 1. The second-order valence-electron chi connectivity index (χ2n) is 6.76. The highest BCUT2D eigenvalue weighted by Crippen LogP contribution is 2.05. The van der Waals surface area contributed by atoms with Crippen molar-refractivity contribution in [3.05, 3.63) is 0 Å². The van der Waals surface area contributed by atoms with Crippen LogP contribution in [-0.4, -0.2) is 87.8 Å². The number of carboxylic acids is 1. The van der Waals surface area contributed by atoms with Gasteiger partial charge >= 0.3 is 5.97 Å². The van der Waals surface area contributed by atoms with Gasteiger partial charge in [-0.25, -0.2) is 4.79 Å². The predicted octanol–water partition coefficient (Wildman–Crippen LogP) is -2.82. The van der Waals surface area contributed by atoms with Gasteiger partial charge < -0.3 is 37.6 Å². The van der Waals surface area contributed by atoms with E-state index in [1.165, 1.54) is 18.7 Å². The van der Waals surface area contributed by atoms with Crippen LogP contribution in [0.1, 0.15) is 26.2 Å².